The molecule has 0 spiro atoms. The molecule has 2 fully saturated rings. The van der Waals surface area contributed by atoms with Gasteiger partial charge in [0.15, 0.2) is 0 Å². The van der Waals surface area contributed by atoms with Crippen LogP contribution in [-0.2, 0) is 0 Å². The van der Waals surface area contributed by atoms with Crippen molar-refractivity contribution in [2.45, 2.75) is 31.3 Å². The smallest absolute Gasteiger partial charge is 0.266 e. The molecular formula is C18H19Cl2FN4O4. The van der Waals surface area contributed by atoms with Crippen LogP contribution in [0.3, 0.4) is 0 Å². The van der Waals surface area contributed by atoms with Crippen LogP contribution in [0.25, 0.3) is 10.9 Å². The Morgan fingerprint density at radius 1 is 1.38 bits per heavy atom. The number of hydrogen-bond donors (Lipinski definition) is 1. The number of anilines is 1. The van der Waals surface area contributed by atoms with Gasteiger partial charge in [0.25, 0.3) is 6.54 Å². The molecule has 0 bridgehead atoms. The number of nitrogens with zero attached hydrogens (tertiary/aromatic N) is 3. The highest BCUT2D eigenvalue weighted by atomic mass is 35.5. The van der Waals surface area contributed by atoms with Gasteiger partial charge in [0.1, 0.15) is 5.82 Å². The highest BCUT2D eigenvalue weighted by molar-refractivity contribution is 6.38. The van der Waals surface area contributed by atoms with Gasteiger partial charge < -0.3 is 15.2 Å². The van der Waals surface area contributed by atoms with Crippen molar-refractivity contribution in [1.29, 1.82) is 0 Å². The normalized spacial score (nSPS) is 18.7. The number of carbonyl (C=O) groups excluding carboxylic acids is 1. The Morgan fingerprint density at radius 3 is 2.62 bits per heavy atom. The molecule has 0 amide bonds. The van der Waals surface area contributed by atoms with E-state index in [0.717, 1.165) is 18.9 Å². The monoisotopic (exact) mass is 444 g/mol. The number of nitrogens with two attached hydrogens (primary N) is 1. The van der Waals surface area contributed by atoms with Gasteiger partial charge in [-0.05, 0) is 25.3 Å². The van der Waals surface area contributed by atoms with E-state index in [9.17, 15) is 24.1 Å². The van der Waals surface area contributed by atoms with E-state index < -0.39 is 28.5 Å². The van der Waals surface area contributed by atoms with Gasteiger partial charge in [0.05, 0.1) is 27.2 Å². The topological polar surface area (TPSA) is 111 Å². The second-order valence-electron chi connectivity index (χ2n) is 7.34. The average molecular weight is 445 g/mol. The summed E-state index contributed by atoms with van der Waals surface area (Å²) in [6.07, 6.45) is 3.67. The Morgan fingerprint density at radius 2 is 2.07 bits per heavy atom. The van der Waals surface area contributed by atoms with Crippen LogP contribution in [0.1, 0.15) is 35.7 Å². The van der Waals surface area contributed by atoms with Gasteiger partial charge in [0, 0.05) is 36.3 Å². The summed E-state index contributed by atoms with van der Waals surface area (Å²) < 4.78 is 16.6. The van der Waals surface area contributed by atoms with Crippen LogP contribution < -0.4 is 16.1 Å². The van der Waals surface area contributed by atoms with Gasteiger partial charge in [-0.1, -0.05) is 11.6 Å². The molecule has 2 aliphatic rings. The fourth-order valence-electron chi connectivity index (χ4n) is 3.75. The molecule has 1 aliphatic carbocycles. The highest BCUT2D eigenvalue weighted by Crippen LogP contribution is 2.42. The standard InChI is InChI=1S/C18H18ClFN4O4.ClH/c19-15-16-11(5-13(20)17(15)22-4-3-9(21)6-22)18(26)12(14(25)8-24(27)28)7-23(16)10-1-2-10;/h5,7,9-10H,1-4,6,8,21H2;1H. The van der Waals surface area contributed by atoms with Crippen molar-refractivity contribution >= 4 is 46.4 Å². The fourth-order valence-corrected chi connectivity index (χ4v) is 4.16. The van der Waals surface area contributed by atoms with Crippen molar-refractivity contribution in [2.75, 3.05) is 24.5 Å². The number of carbonyl (C=O) groups is 1. The van der Waals surface area contributed by atoms with Crippen LogP contribution in [0.5, 0.6) is 0 Å². The second-order valence-corrected chi connectivity index (χ2v) is 7.71. The van der Waals surface area contributed by atoms with E-state index in [2.05, 4.69) is 0 Å². The minimum atomic E-state index is -0.995. The molecule has 1 saturated carbocycles. The zero-order valence-electron chi connectivity index (χ0n) is 15.3. The lowest BCUT2D eigenvalue weighted by Crippen LogP contribution is -2.28. The number of Topliss-reactive ketones (excluding diaryl/α,β-unsaturated/α-hetero) is 1. The van der Waals surface area contributed by atoms with E-state index in [1.165, 1.54) is 6.20 Å². The fraction of sp³-hybridized carbons (Fsp3) is 0.444. The SMILES string of the molecule is Cl.NC1CCN(c2c(F)cc3c(=O)c(C(=O)C[N+](=O)[O-])cn(C4CC4)c3c2Cl)C1. The quantitative estimate of drug-likeness (QED) is 0.430. The minimum absolute atomic E-state index is 0. The molecule has 8 nitrogen and oxygen atoms in total. The number of rotatable bonds is 5. The molecule has 1 saturated heterocycles. The molecule has 11 heteroatoms. The second kappa shape index (κ2) is 7.89. The molecule has 4 rings (SSSR count). The van der Waals surface area contributed by atoms with Gasteiger partial charge in [-0.2, -0.15) is 0 Å². The largest absolute Gasteiger partial charge is 0.366 e. The summed E-state index contributed by atoms with van der Waals surface area (Å²) in [5.41, 5.74) is 5.41. The molecule has 1 atom stereocenters. The zero-order chi connectivity index (χ0) is 20.2. The molecule has 2 aromatic rings. The van der Waals surface area contributed by atoms with E-state index in [0.29, 0.717) is 25.0 Å². The summed E-state index contributed by atoms with van der Waals surface area (Å²) in [4.78, 5) is 36.7. The Bertz CT molecular complexity index is 1070. The van der Waals surface area contributed by atoms with Crippen molar-refractivity contribution in [2.24, 2.45) is 5.73 Å². The maximum Gasteiger partial charge on any atom is 0.266 e. The zero-order valence-corrected chi connectivity index (χ0v) is 16.8. The first-order chi connectivity index (χ1) is 13.3. The number of nitro groups is 1. The van der Waals surface area contributed by atoms with Crippen LogP contribution in [0, 0.1) is 15.9 Å². The number of aromatic nitrogens is 1. The molecule has 0 radical (unpaired) electrons. The molecule has 29 heavy (non-hydrogen) atoms. The van der Waals surface area contributed by atoms with Gasteiger partial charge in [-0.15, -0.1) is 12.4 Å². The Labute approximate surface area is 176 Å². The first-order valence-corrected chi connectivity index (χ1v) is 9.38. The first-order valence-electron chi connectivity index (χ1n) is 9.00. The van der Waals surface area contributed by atoms with E-state index in [1.807, 2.05) is 0 Å². The van der Waals surface area contributed by atoms with Gasteiger partial charge in [-0.25, -0.2) is 4.39 Å². The number of pyridine rings is 1. The van der Waals surface area contributed by atoms with Gasteiger partial charge in [-0.3, -0.25) is 19.7 Å². The van der Waals surface area contributed by atoms with Crippen molar-refractivity contribution in [1.82, 2.24) is 4.57 Å². The predicted octanol–water partition coefficient (Wildman–Crippen LogP) is 2.55. The van der Waals surface area contributed by atoms with E-state index >= 15 is 0 Å². The average Bonchev–Trinajstić information content (AvgIpc) is 3.37. The number of benzene rings is 1. The van der Waals surface area contributed by atoms with Crippen molar-refractivity contribution in [3.05, 3.63) is 49.0 Å². The number of ketones is 1. The third-order valence-electron chi connectivity index (χ3n) is 5.24. The maximum absolute atomic E-state index is 14.9. The molecule has 2 N–H and O–H groups in total. The molecule has 156 valence electrons. The van der Waals surface area contributed by atoms with Crippen LogP contribution in [-0.4, -0.2) is 40.9 Å². The summed E-state index contributed by atoms with van der Waals surface area (Å²) in [7, 11) is 0. The lowest BCUT2D eigenvalue weighted by atomic mass is 10.1. The molecule has 1 unspecified atom stereocenters. The summed E-state index contributed by atoms with van der Waals surface area (Å²) in [5, 5.41) is 10.7. The van der Waals surface area contributed by atoms with Crippen LogP contribution in [0.4, 0.5) is 10.1 Å². The maximum atomic E-state index is 14.9. The Hall–Kier alpha value is -2.23. The first kappa shape index (κ1) is 21.5. The third-order valence-corrected chi connectivity index (χ3v) is 5.60. The number of fused-ring (bicyclic) bond motifs is 1. The van der Waals surface area contributed by atoms with Crippen LogP contribution in [0.15, 0.2) is 17.1 Å². The van der Waals surface area contributed by atoms with Crippen LogP contribution in [0.2, 0.25) is 5.02 Å². The van der Waals surface area contributed by atoms with Crippen molar-refractivity contribution < 1.29 is 14.1 Å². The lowest BCUT2D eigenvalue weighted by Gasteiger charge is -2.23. The molecular weight excluding hydrogens is 426 g/mol. The summed E-state index contributed by atoms with van der Waals surface area (Å²) >= 11 is 6.56. The predicted molar refractivity (Wildman–Crippen MR) is 110 cm³/mol. The van der Waals surface area contributed by atoms with E-state index in [1.54, 1.807) is 9.47 Å². The summed E-state index contributed by atoms with van der Waals surface area (Å²) in [5.74, 6) is -1.58. The van der Waals surface area contributed by atoms with Gasteiger partial charge >= 0.3 is 0 Å². The number of hydrogen-bond acceptors (Lipinski definition) is 6. The van der Waals surface area contributed by atoms with Gasteiger partial charge in [0.2, 0.25) is 11.2 Å². The summed E-state index contributed by atoms with van der Waals surface area (Å²) in [6.45, 7) is 0.0109. The van der Waals surface area contributed by atoms with Crippen molar-refractivity contribution in [3.8, 4) is 0 Å². The van der Waals surface area contributed by atoms with E-state index in [4.69, 9.17) is 17.3 Å². The molecule has 1 aromatic carbocycles. The van der Waals surface area contributed by atoms with E-state index in [-0.39, 0.29) is 46.2 Å². The molecule has 1 aliphatic heterocycles. The molecule has 1 aromatic heterocycles. The lowest BCUT2D eigenvalue weighted by molar-refractivity contribution is -0.465. The Kier molecular flexibility index (Phi) is 5.84. The number of halogens is 3. The minimum Gasteiger partial charge on any atom is -0.366 e. The molecule has 2 heterocycles. The van der Waals surface area contributed by atoms with Crippen LogP contribution >= 0.6 is 24.0 Å². The van der Waals surface area contributed by atoms with Crippen molar-refractivity contribution in [3.63, 3.8) is 0 Å². The summed E-state index contributed by atoms with van der Waals surface area (Å²) in [6, 6.07) is 1.01. The highest BCUT2D eigenvalue weighted by Gasteiger charge is 2.32. The Balaban J connectivity index is 0.00000240. The third kappa shape index (κ3) is 3.82.